The molecular formula is C24H32FN3O3S. The van der Waals surface area contributed by atoms with Crippen LogP contribution in [0.2, 0.25) is 0 Å². The van der Waals surface area contributed by atoms with Crippen molar-refractivity contribution in [3.05, 3.63) is 51.7 Å². The highest BCUT2D eigenvalue weighted by molar-refractivity contribution is 7.07. The number of amides is 1. The zero-order valence-corrected chi connectivity index (χ0v) is 19.6. The molecule has 4 rings (SSSR count). The molecule has 0 saturated carbocycles. The Morgan fingerprint density at radius 2 is 2.22 bits per heavy atom. The Hall–Kier alpha value is -1.87. The van der Waals surface area contributed by atoms with Gasteiger partial charge in [-0.25, -0.2) is 9.37 Å². The summed E-state index contributed by atoms with van der Waals surface area (Å²) < 4.78 is 25.3. The number of likely N-dealkylation sites (tertiary alicyclic amines) is 1. The minimum atomic E-state index is -0.405. The second-order valence-electron chi connectivity index (χ2n) is 8.67. The number of ether oxygens (including phenoxy) is 2. The van der Waals surface area contributed by atoms with Crippen molar-refractivity contribution < 1.29 is 18.7 Å². The van der Waals surface area contributed by atoms with Gasteiger partial charge >= 0.3 is 0 Å². The van der Waals surface area contributed by atoms with Crippen molar-refractivity contribution in [2.75, 3.05) is 33.4 Å². The molecule has 2 unspecified atom stereocenters. The van der Waals surface area contributed by atoms with Crippen molar-refractivity contribution in [1.29, 1.82) is 0 Å². The summed E-state index contributed by atoms with van der Waals surface area (Å²) in [6.45, 7) is 5.30. The van der Waals surface area contributed by atoms with E-state index >= 15 is 0 Å². The first-order chi connectivity index (χ1) is 15.6. The van der Waals surface area contributed by atoms with Gasteiger partial charge in [-0.1, -0.05) is 13.0 Å². The Bertz CT molecular complexity index is 900. The molecule has 0 radical (unpaired) electrons. The Morgan fingerprint density at radius 3 is 2.91 bits per heavy atom. The van der Waals surface area contributed by atoms with E-state index < -0.39 is 5.60 Å². The molecule has 2 aliphatic heterocycles. The molecular weight excluding hydrogens is 429 g/mol. The van der Waals surface area contributed by atoms with E-state index in [0.29, 0.717) is 26.2 Å². The molecule has 2 aromatic rings. The summed E-state index contributed by atoms with van der Waals surface area (Å²) in [7, 11) is 1.63. The molecule has 1 amide bonds. The first-order valence-corrected chi connectivity index (χ1v) is 12.3. The Kier molecular flexibility index (Phi) is 7.55. The molecule has 1 saturated heterocycles. The van der Waals surface area contributed by atoms with Crippen molar-refractivity contribution in [1.82, 2.24) is 15.2 Å². The van der Waals surface area contributed by atoms with E-state index in [1.165, 1.54) is 6.07 Å². The number of nitrogens with zero attached hydrogens (tertiary/aromatic N) is 2. The van der Waals surface area contributed by atoms with Gasteiger partial charge in [-0.2, -0.15) is 0 Å². The zero-order chi connectivity index (χ0) is 22.6. The van der Waals surface area contributed by atoms with Crippen LogP contribution >= 0.6 is 11.3 Å². The lowest BCUT2D eigenvalue weighted by Crippen LogP contribution is -2.52. The molecule has 174 valence electrons. The largest absolute Gasteiger partial charge is 0.383 e. The minimum absolute atomic E-state index is 0.0479. The van der Waals surface area contributed by atoms with Gasteiger partial charge in [-0.3, -0.25) is 9.69 Å². The highest BCUT2D eigenvalue weighted by Crippen LogP contribution is 2.45. The lowest BCUT2D eigenvalue weighted by molar-refractivity contribution is -0.129. The topological polar surface area (TPSA) is 63.7 Å². The normalized spacial score (nSPS) is 19.6. The predicted octanol–water partition coefficient (Wildman–Crippen LogP) is 3.50. The second kappa shape index (κ2) is 10.4. The van der Waals surface area contributed by atoms with E-state index in [-0.39, 0.29) is 23.7 Å². The maximum Gasteiger partial charge on any atom is 0.225 e. The van der Waals surface area contributed by atoms with Crippen LogP contribution in [0.25, 0.3) is 0 Å². The van der Waals surface area contributed by atoms with E-state index in [9.17, 15) is 9.18 Å². The summed E-state index contributed by atoms with van der Waals surface area (Å²) in [6.07, 6.45) is 3.09. The number of thiazole rings is 1. The summed E-state index contributed by atoms with van der Waals surface area (Å²) >= 11 is 1.55. The molecule has 3 heterocycles. The van der Waals surface area contributed by atoms with E-state index in [4.69, 9.17) is 9.47 Å². The van der Waals surface area contributed by atoms with Crippen LogP contribution in [-0.2, 0) is 32.9 Å². The van der Waals surface area contributed by atoms with Gasteiger partial charge in [0.15, 0.2) is 0 Å². The number of methoxy groups -OCH3 is 1. The fourth-order valence-corrected chi connectivity index (χ4v) is 5.77. The van der Waals surface area contributed by atoms with E-state index in [1.807, 2.05) is 17.0 Å². The lowest BCUT2D eigenvalue weighted by Gasteiger charge is -2.44. The van der Waals surface area contributed by atoms with Crippen LogP contribution in [-0.4, -0.2) is 55.2 Å². The Labute approximate surface area is 193 Å². The van der Waals surface area contributed by atoms with Gasteiger partial charge in [0.1, 0.15) is 5.82 Å². The summed E-state index contributed by atoms with van der Waals surface area (Å²) in [6, 6.07) is 5.10. The van der Waals surface area contributed by atoms with Gasteiger partial charge < -0.3 is 14.8 Å². The number of benzene rings is 1. The molecule has 1 fully saturated rings. The fraction of sp³-hybridized carbons (Fsp3) is 0.583. The van der Waals surface area contributed by atoms with Crippen LogP contribution in [0, 0.1) is 11.7 Å². The standard InChI is InChI=1S/C24H32FN3O3S/c1-3-22(20(13-19-15-32-16-27-19)23(29)26-8-11-30-2)28-9-6-24(7-10-28)21-12-18(25)5-4-17(21)14-31-24/h4-5,12,15-16,20,22H,3,6-11,13-14H2,1-2H3,(H,26,29). The van der Waals surface area contributed by atoms with Crippen LogP contribution in [0.15, 0.2) is 29.1 Å². The van der Waals surface area contributed by atoms with Gasteiger partial charge in [-0.05, 0) is 42.5 Å². The van der Waals surface area contributed by atoms with E-state index in [1.54, 1.807) is 24.5 Å². The van der Waals surface area contributed by atoms with Crippen molar-refractivity contribution in [2.45, 2.75) is 50.9 Å². The Morgan fingerprint density at radius 1 is 1.41 bits per heavy atom. The number of halogens is 1. The van der Waals surface area contributed by atoms with Crippen molar-refractivity contribution in [3.63, 3.8) is 0 Å². The molecule has 0 bridgehead atoms. The molecule has 1 spiro atoms. The fourth-order valence-electron chi connectivity index (χ4n) is 5.19. The number of nitrogens with one attached hydrogen (secondary N) is 1. The van der Waals surface area contributed by atoms with Gasteiger partial charge in [0.2, 0.25) is 5.91 Å². The highest BCUT2D eigenvalue weighted by Gasteiger charge is 2.45. The quantitative estimate of drug-likeness (QED) is 0.579. The second-order valence-corrected chi connectivity index (χ2v) is 9.39. The average molecular weight is 462 g/mol. The lowest BCUT2D eigenvalue weighted by atomic mass is 9.81. The number of rotatable bonds is 9. The van der Waals surface area contributed by atoms with Gasteiger partial charge in [0.05, 0.1) is 35.9 Å². The predicted molar refractivity (Wildman–Crippen MR) is 122 cm³/mol. The number of carbonyl (C=O) groups is 1. The number of fused-ring (bicyclic) bond motifs is 2. The maximum atomic E-state index is 13.9. The molecule has 2 atom stereocenters. The summed E-state index contributed by atoms with van der Waals surface area (Å²) in [5.41, 5.74) is 4.45. The van der Waals surface area contributed by atoms with E-state index in [2.05, 4.69) is 22.1 Å². The summed E-state index contributed by atoms with van der Waals surface area (Å²) in [5.74, 6) is -0.354. The summed E-state index contributed by atoms with van der Waals surface area (Å²) in [5, 5.41) is 5.06. The molecule has 1 aromatic heterocycles. The maximum absolute atomic E-state index is 13.9. The number of hydrogen-bond donors (Lipinski definition) is 1. The van der Waals surface area contributed by atoms with Crippen molar-refractivity contribution >= 4 is 17.2 Å². The average Bonchev–Trinajstić information content (AvgIpc) is 3.43. The van der Waals surface area contributed by atoms with Crippen molar-refractivity contribution in [3.8, 4) is 0 Å². The third kappa shape index (κ3) is 4.88. The summed E-state index contributed by atoms with van der Waals surface area (Å²) in [4.78, 5) is 20.0. The number of piperidine rings is 1. The van der Waals surface area contributed by atoms with Gasteiger partial charge in [-0.15, -0.1) is 11.3 Å². The van der Waals surface area contributed by atoms with Crippen molar-refractivity contribution in [2.24, 2.45) is 5.92 Å². The van der Waals surface area contributed by atoms with Gasteiger partial charge in [0.25, 0.3) is 0 Å². The van der Waals surface area contributed by atoms with Crippen LogP contribution in [0.5, 0.6) is 0 Å². The van der Waals surface area contributed by atoms with Crippen LogP contribution < -0.4 is 5.32 Å². The van der Waals surface area contributed by atoms with Gasteiger partial charge in [0, 0.05) is 44.6 Å². The molecule has 0 aliphatic carbocycles. The smallest absolute Gasteiger partial charge is 0.225 e. The highest BCUT2D eigenvalue weighted by atomic mass is 32.1. The molecule has 8 heteroatoms. The third-order valence-electron chi connectivity index (χ3n) is 6.88. The molecule has 2 aliphatic rings. The third-order valence-corrected chi connectivity index (χ3v) is 7.51. The van der Waals surface area contributed by atoms with Crippen LogP contribution in [0.1, 0.15) is 43.0 Å². The minimum Gasteiger partial charge on any atom is -0.383 e. The van der Waals surface area contributed by atoms with E-state index in [0.717, 1.165) is 49.2 Å². The molecule has 1 aromatic carbocycles. The Balaban J connectivity index is 1.48. The first-order valence-electron chi connectivity index (χ1n) is 11.4. The SMILES string of the molecule is CCC(C(Cc1cscn1)C(=O)NCCOC)N1CCC2(CC1)OCc1ccc(F)cc12. The monoisotopic (exact) mass is 461 g/mol. The van der Waals surface area contributed by atoms with Crippen LogP contribution in [0.4, 0.5) is 4.39 Å². The number of carbonyl (C=O) groups excluding carboxylic acids is 1. The number of aromatic nitrogens is 1. The first kappa shape index (κ1) is 23.3. The molecule has 1 N–H and O–H groups in total. The zero-order valence-electron chi connectivity index (χ0n) is 18.8. The molecule has 6 nitrogen and oxygen atoms in total. The molecule has 32 heavy (non-hydrogen) atoms. The number of hydrogen-bond acceptors (Lipinski definition) is 6. The van der Waals surface area contributed by atoms with Crippen LogP contribution in [0.3, 0.4) is 0 Å².